The summed E-state index contributed by atoms with van der Waals surface area (Å²) < 4.78 is 6.00. The van der Waals surface area contributed by atoms with Crippen molar-refractivity contribution in [2.45, 2.75) is 26.2 Å². The predicted molar refractivity (Wildman–Crippen MR) is 109 cm³/mol. The van der Waals surface area contributed by atoms with Gasteiger partial charge in [-0.05, 0) is 31.9 Å². The maximum Gasteiger partial charge on any atom is 0.311 e. The van der Waals surface area contributed by atoms with Crippen molar-refractivity contribution >= 4 is 50.3 Å². The Kier molecular flexibility index (Phi) is 6.62. The molecule has 1 aromatic heterocycles. The first kappa shape index (κ1) is 18.8. The highest BCUT2D eigenvalue weighted by Gasteiger charge is 2.15. The summed E-state index contributed by atoms with van der Waals surface area (Å²) in [6, 6.07) is 6.20. The number of hydrogen-bond donors (Lipinski definition) is 1. The lowest BCUT2D eigenvalue weighted by Gasteiger charge is -2.20. The Morgan fingerprint density at radius 2 is 2.27 bits per heavy atom. The molecule has 0 radical (unpaired) electrons. The van der Waals surface area contributed by atoms with E-state index >= 15 is 0 Å². The fourth-order valence-corrected chi connectivity index (χ4v) is 3.82. The molecule has 1 N–H and O–H groups in total. The molecule has 0 aliphatic carbocycles. The highest BCUT2D eigenvalue weighted by atomic mass is 79.9. The summed E-state index contributed by atoms with van der Waals surface area (Å²) in [5.74, 6) is -0.266. The minimum absolute atomic E-state index is 0.182. The van der Waals surface area contributed by atoms with E-state index in [2.05, 4.69) is 48.5 Å². The lowest BCUT2D eigenvalue weighted by molar-refractivity contribution is -0.142. The summed E-state index contributed by atoms with van der Waals surface area (Å²) in [6.07, 6.45) is 4.45. The summed E-state index contributed by atoms with van der Waals surface area (Å²) in [5, 5.41) is 6.81. The number of esters is 1. The van der Waals surface area contributed by atoms with Crippen LogP contribution < -0.4 is 10.3 Å². The second kappa shape index (κ2) is 9.14. The lowest BCUT2D eigenvalue weighted by Crippen LogP contribution is -2.19. The van der Waals surface area contributed by atoms with Crippen LogP contribution in [0.3, 0.4) is 0 Å². The number of aromatic nitrogens is 1. The van der Waals surface area contributed by atoms with Crippen LogP contribution in [0.15, 0.2) is 33.2 Å². The Morgan fingerprint density at radius 1 is 1.46 bits per heavy atom. The highest BCUT2D eigenvalue weighted by molar-refractivity contribution is 9.10. The van der Waals surface area contributed by atoms with Crippen molar-refractivity contribution in [3.05, 3.63) is 39.3 Å². The zero-order chi connectivity index (χ0) is 18.4. The molecule has 8 heteroatoms. The summed E-state index contributed by atoms with van der Waals surface area (Å²) in [4.78, 5) is 18.2. The van der Waals surface area contributed by atoms with E-state index in [1.807, 2.05) is 17.7 Å². The van der Waals surface area contributed by atoms with Gasteiger partial charge in [0.15, 0.2) is 0 Å². The predicted octanol–water partition coefficient (Wildman–Crippen LogP) is 4.06. The molecule has 0 spiro atoms. The van der Waals surface area contributed by atoms with E-state index in [0.29, 0.717) is 17.4 Å². The molecule has 0 bridgehead atoms. The number of nitrogens with one attached hydrogen (secondary N) is 1. The van der Waals surface area contributed by atoms with Crippen molar-refractivity contribution in [2.75, 3.05) is 30.0 Å². The molecule has 6 nitrogen and oxygen atoms in total. The molecule has 2 aromatic rings. The number of benzene rings is 1. The van der Waals surface area contributed by atoms with Gasteiger partial charge in [0.1, 0.15) is 0 Å². The summed E-state index contributed by atoms with van der Waals surface area (Å²) in [5.41, 5.74) is 5.88. The molecule has 0 saturated carbocycles. The average Bonchev–Trinajstić information content (AvgIpc) is 3.28. The van der Waals surface area contributed by atoms with Crippen LogP contribution in [0.5, 0.6) is 0 Å². The normalized spacial score (nSPS) is 14.2. The van der Waals surface area contributed by atoms with Gasteiger partial charge in [-0.2, -0.15) is 5.10 Å². The number of hydrazone groups is 1. The molecular weight excluding hydrogens is 416 g/mol. The largest absolute Gasteiger partial charge is 0.466 e. The van der Waals surface area contributed by atoms with E-state index in [9.17, 15) is 4.79 Å². The molecule has 3 rings (SSSR count). The number of carbonyl (C=O) groups is 1. The van der Waals surface area contributed by atoms with Crippen molar-refractivity contribution in [1.29, 1.82) is 0 Å². The van der Waals surface area contributed by atoms with Crippen LogP contribution in [0.2, 0.25) is 0 Å². The van der Waals surface area contributed by atoms with Gasteiger partial charge < -0.3 is 9.64 Å². The zero-order valence-corrected chi connectivity index (χ0v) is 17.0. The fraction of sp³-hybridized carbons (Fsp3) is 0.389. The van der Waals surface area contributed by atoms with Gasteiger partial charge in [-0.15, -0.1) is 11.3 Å². The second-order valence-corrected chi connectivity index (χ2v) is 7.67. The summed E-state index contributed by atoms with van der Waals surface area (Å²) >= 11 is 4.96. The van der Waals surface area contributed by atoms with Crippen LogP contribution in [0.1, 0.15) is 31.0 Å². The van der Waals surface area contributed by atoms with Gasteiger partial charge in [0.25, 0.3) is 0 Å². The number of thiazole rings is 1. The molecule has 0 amide bonds. The van der Waals surface area contributed by atoms with Crippen molar-refractivity contribution in [3.63, 3.8) is 0 Å². The van der Waals surface area contributed by atoms with Gasteiger partial charge in [0.2, 0.25) is 5.13 Å². The van der Waals surface area contributed by atoms with E-state index < -0.39 is 0 Å². The SMILES string of the molecule is CCOC(=O)Cc1csc(NN=Cc2ccc(Br)cc2N2CCCC2)n1. The third kappa shape index (κ3) is 5.04. The van der Waals surface area contributed by atoms with E-state index in [4.69, 9.17) is 4.74 Å². The first-order valence-electron chi connectivity index (χ1n) is 8.59. The number of ether oxygens (including phenoxy) is 1. The van der Waals surface area contributed by atoms with Crippen LogP contribution in [0, 0.1) is 0 Å². The van der Waals surface area contributed by atoms with Crippen molar-refractivity contribution < 1.29 is 9.53 Å². The number of carbonyl (C=O) groups excluding carboxylic acids is 1. The quantitative estimate of drug-likeness (QED) is 0.402. The van der Waals surface area contributed by atoms with E-state index in [1.165, 1.54) is 29.9 Å². The molecule has 1 aromatic carbocycles. The molecule has 2 heterocycles. The van der Waals surface area contributed by atoms with Crippen molar-refractivity contribution in [2.24, 2.45) is 5.10 Å². The van der Waals surface area contributed by atoms with Gasteiger partial charge in [0.05, 0.1) is 24.9 Å². The van der Waals surface area contributed by atoms with Gasteiger partial charge >= 0.3 is 5.97 Å². The number of hydrogen-bond acceptors (Lipinski definition) is 7. The third-order valence-corrected chi connectivity index (χ3v) is 5.27. The zero-order valence-electron chi connectivity index (χ0n) is 14.6. The standard InChI is InChI=1S/C18H21BrN4O2S/c1-2-25-17(24)10-15-12-26-18(21-15)22-20-11-13-5-6-14(19)9-16(13)23-7-3-4-8-23/h5-6,9,11-12H,2-4,7-8,10H2,1H3,(H,21,22). The van der Waals surface area contributed by atoms with Gasteiger partial charge in [0, 0.05) is 34.2 Å². The number of anilines is 2. The van der Waals surface area contributed by atoms with Crippen LogP contribution >= 0.6 is 27.3 Å². The van der Waals surface area contributed by atoms with Gasteiger partial charge in [-0.3, -0.25) is 10.2 Å². The van der Waals surface area contributed by atoms with E-state index in [-0.39, 0.29) is 12.4 Å². The molecule has 1 saturated heterocycles. The Hall–Kier alpha value is -1.93. The molecular formula is C18H21BrN4O2S. The second-order valence-electron chi connectivity index (χ2n) is 5.89. The maximum absolute atomic E-state index is 11.5. The molecule has 0 atom stereocenters. The topological polar surface area (TPSA) is 66.8 Å². The minimum Gasteiger partial charge on any atom is -0.466 e. The lowest BCUT2D eigenvalue weighted by atomic mass is 10.2. The Bertz CT molecular complexity index is 787. The van der Waals surface area contributed by atoms with E-state index in [0.717, 1.165) is 23.1 Å². The van der Waals surface area contributed by atoms with Crippen LogP contribution in [-0.4, -0.2) is 36.9 Å². The molecule has 138 valence electrons. The Labute approximate surface area is 165 Å². The number of halogens is 1. The van der Waals surface area contributed by atoms with Crippen molar-refractivity contribution in [1.82, 2.24) is 4.98 Å². The molecule has 1 fully saturated rings. The van der Waals surface area contributed by atoms with E-state index in [1.54, 1.807) is 6.92 Å². The summed E-state index contributed by atoms with van der Waals surface area (Å²) in [6.45, 7) is 4.33. The summed E-state index contributed by atoms with van der Waals surface area (Å²) in [7, 11) is 0. The Morgan fingerprint density at radius 3 is 3.04 bits per heavy atom. The number of rotatable bonds is 7. The van der Waals surface area contributed by atoms with Gasteiger partial charge in [-0.25, -0.2) is 4.98 Å². The minimum atomic E-state index is -0.266. The smallest absolute Gasteiger partial charge is 0.311 e. The van der Waals surface area contributed by atoms with Crippen LogP contribution in [0.4, 0.5) is 10.8 Å². The highest BCUT2D eigenvalue weighted by Crippen LogP contribution is 2.27. The molecule has 1 aliphatic rings. The van der Waals surface area contributed by atoms with Crippen LogP contribution in [0.25, 0.3) is 0 Å². The van der Waals surface area contributed by atoms with Crippen LogP contribution in [-0.2, 0) is 16.0 Å². The first-order chi connectivity index (χ1) is 12.7. The van der Waals surface area contributed by atoms with Gasteiger partial charge in [-0.1, -0.05) is 22.0 Å². The first-order valence-corrected chi connectivity index (χ1v) is 10.3. The third-order valence-electron chi connectivity index (χ3n) is 3.99. The maximum atomic E-state index is 11.5. The van der Waals surface area contributed by atoms with Crippen molar-refractivity contribution in [3.8, 4) is 0 Å². The molecule has 0 unspecified atom stereocenters. The Balaban J connectivity index is 1.64. The monoisotopic (exact) mass is 436 g/mol. The molecule has 26 heavy (non-hydrogen) atoms. The number of nitrogens with zero attached hydrogens (tertiary/aromatic N) is 3. The fourth-order valence-electron chi connectivity index (χ4n) is 2.81. The average molecular weight is 437 g/mol. The molecule has 1 aliphatic heterocycles.